The third-order valence-electron chi connectivity index (χ3n) is 13.5. The molecule has 0 saturated carbocycles. The first-order valence-corrected chi connectivity index (χ1v) is 22.1. The molecule has 0 atom stereocenters. The van der Waals surface area contributed by atoms with Gasteiger partial charge in [-0.1, -0.05) is 179 Å². The summed E-state index contributed by atoms with van der Waals surface area (Å²) < 4.78 is 4.32. The van der Waals surface area contributed by atoms with Gasteiger partial charge in [-0.15, -0.1) is 10.9 Å². The van der Waals surface area contributed by atoms with Gasteiger partial charge < -0.3 is 9.13 Å². The Morgan fingerprint density at radius 1 is 0.284 bits per heavy atom. The molecule has 0 amide bonds. The van der Waals surface area contributed by atoms with Crippen molar-refractivity contribution < 1.29 is 0 Å². The highest BCUT2D eigenvalue weighted by Gasteiger charge is 2.26. The van der Waals surface area contributed by atoms with Crippen LogP contribution in [0.3, 0.4) is 0 Å². The number of rotatable bonds is 6. The molecule has 0 fully saturated rings. The zero-order chi connectivity index (χ0) is 45.7. The van der Waals surface area contributed by atoms with Crippen molar-refractivity contribution in [2.45, 2.75) is 0 Å². The fraction of sp³-hybridized carbons (Fsp3) is 0. The summed E-state index contributed by atoms with van der Waals surface area (Å²) in [5.41, 5.74) is 14.9. The summed E-state index contributed by atoms with van der Waals surface area (Å²) in [5, 5.41) is 5.21. The van der Waals surface area contributed by atoms with Gasteiger partial charge in [0.15, 0.2) is 0 Å². The maximum Gasteiger partial charge on any atom is 0.115 e. The summed E-state index contributed by atoms with van der Waals surface area (Å²) in [6.45, 7) is 0. The summed E-state index contributed by atoms with van der Waals surface area (Å²) >= 11 is 0. The maximum absolute atomic E-state index is 7.51. The van der Waals surface area contributed by atoms with Gasteiger partial charge in [-0.25, -0.2) is 0 Å². The van der Waals surface area contributed by atoms with Gasteiger partial charge in [-0.2, -0.15) is 0 Å². The molecular formula is C58H31B7N2. The molecule has 9 heteroatoms. The van der Waals surface area contributed by atoms with Crippen LogP contribution in [0, 0.1) is 0 Å². The SMILES string of the molecule is [B]c1c([B])c([B])c2c(c1[B])c1c([B])c(-c3ccc4c(c3)c3c(-c5ccccc5)cccc3n4-c3ccc(-c4ccccc4)cc3)c([B])c([B])c1n2-c1ccc(-c2ccccc2)c2ccccc12. The minimum atomic E-state index is 0.171. The van der Waals surface area contributed by atoms with E-state index in [2.05, 4.69) is 150 Å². The van der Waals surface area contributed by atoms with E-state index in [0.717, 1.165) is 82.9 Å². The van der Waals surface area contributed by atoms with Gasteiger partial charge in [0.25, 0.3) is 0 Å². The summed E-state index contributed by atoms with van der Waals surface area (Å²) in [6.07, 6.45) is 0. The first-order valence-electron chi connectivity index (χ1n) is 22.1. The second kappa shape index (κ2) is 15.8. The van der Waals surface area contributed by atoms with Crippen LogP contribution in [0.15, 0.2) is 188 Å². The van der Waals surface area contributed by atoms with Crippen molar-refractivity contribution >= 4 is 148 Å². The average Bonchev–Trinajstić information content (AvgIpc) is 3.91. The molecule has 0 N–H and O–H groups in total. The summed E-state index contributed by atoms with van der Waals surface area (Å²) in [6, 6.07) is 65.1. The Morgan fingerprint density at radius 2 is 0.821 bits per heavy atom. The second-order valence-corrected chi connectivity index (χ2v) is 17.1. The van der Waals surface area contributed by atoms with E-state index in [1.165, 1.54) is 0 Å². The topological polar surface area (TPSA) is 9.86 Å². The Morgan fingerprint density at radius 3 is 1.49 bits per heavy atom. The van der Waals surface area contributed by atoms with Crippen LogP contribution < -0.4 is 38.2 Å². The van der Waals surface area contributed by atoms with E-state index in [4.69, 9.17) is 54.9 Å². The summed E-state index contributed by atoms with van der Waals surface area (Å²) in [4.78, 5) is 0. The van der Waals surface area contributed by atoms with Crippen LogP contribution in [0.4, 0.5) is 0 Å². The first kappa shape index (κ1) is 41.0. The molecule has 0 spiro atoms. The monoisotopic (exact) mass is 832 g/mol. The highest BCUT2D eigenvalue weighted by atomic mass is 15.0. The average molecular weight is 832 g/mol. The Kier molecular flexibility index (Phi) is 9.69. The zero-order valence-corrected chi connectivity index (χ0v) is 36.3. The molecule has 0 bridgehead atoms. The zero-order valence-electron chi connectivity index (χ0n) is 36.3. The van der Waals surface area contributed by atoms with Gasteiger partial charge in [0.1, 0.15) is 54.9 Å². The number of fused-ring (bicyclic) bond motifs is 7. The van der Waals surface area contributed by atoms with Crippen molar-refractivity contribution in [3.8, 4) is 55.9 Å². The molecule has 0 aliphatic carbocycles. The normalized spacial score (nSPS) is 11.7. The van der Waals surface area contributed by atoms with Crippen molar-refractivity contribution in [1.82, 2.24) is 9.13 Å². The Balaban J connectivity index is 1.14. The second-order valence-electron chi connectivity index (χ2n) is 17.1. The molecule has 2 aromatic heterocycles. The van der Waals surface area contributed by atoms with E-state index >= 15 is 0 Å². The van der Waals surface area contributed by atoms with E-state index < -0.39 is 0 Å². The lowest BCUT2D eigenvalue weighted by molar-refractivity contribution is 1.18. The minimum Gasteiger partial charge on any atom is -0.310 e. The Hall–Kier alpha value is -7.49. The maximum atomic E-state index is 7.51. The van der Waals surface area contributed by atoms with Gasteiger partial charge in [0.05, 0.1) is 16.7 Å². The molecule has 0 aliphatic rings. The Labute approximate surface area is 398 Å². The van der Waals surface area contributed by atoms with Crippen molar-refractivity contribution in [2.24, 2.45) is 0 Å². The van der Waals surface area contributed by atoms with Crippen LogP contribution in [0.2, 0.25) is 0 Å². The lowest BCUT2D eigenvalue weighted by Crippen LogP contribution is -2.48. The fourth-order valence-electron chi connectivity index (χ4n) is 10.4. The highest BCUT2D eigenvalue weighted by molar-refractivity contribution is 6.69. The number of nitrogens with zero attached hydrogens (tertiary/aromatic N) is 2. The van der Waals surface area contributed by atoms with E-state index in [-0.39, 0.29) is 21.9 Å². The quantitative estimate of drug-likeness (QED) is 0.156. The fourth-order valence-corrected chi connectivity index (χ4v) is 10.4. The minimum absolute atomic E-state index is 0.171. The van der Waals surface area contributed by atoms with Crippen LogP contribution in [-0.2, 0) is 0 Å². The van der Waals surface area contributed by atoms with Gasteiger partial charge in [0.2, 0.25) is 0 Å². The summed E-state index contributed by atoms with van der Waals surface area (Å²) in [7, 11) is 49.5. The lowest BCUT2D eigenvalue weighted by atomic mass is 9.64. The van der Waals surface area contributed by atoms with Crippen LogP contribution >= 0.6 is 0 Å². The number of benzene rings is 10. The lowest BCUT2D eigenvalue weighted by Gasteiger charge is -2.20. The van der Waals surface area contributed by atoms with Crippen molar-refractivity contribution in [2.75, 3.05) is 0 Å². The smallest absolute Gasteiger partial charge is 0.115 e. The largest absolute Gasteiger partial charge is 0.310 e. The predicted octanol–water partition coefficient (Wildman–Crippen LogP) is 7.26. The molecule has 12 rings (SSSR count). The highest BCUT2D eigenvalue weighted by Crippen LogP contribution is 2.41. The first-order chi connectivity index (χ1) is 32.7. The van der Waals surface area contributed by atoms with Gasteiger partial charge >= 0.3 is 0 Å². The number of hydrogen-bond donors (Lipinski definition) is 0. The van der Waals surface area contributed by atoms with Gasteiger partial charge in [-0.05, 0) is 91.7 Å². The van der Waals surface area contributed by atoms with Gasteiger partial charge in [-0.3, -0.25) is 0 Å². The molecule has 67 heavy (non-hydrogen) atoms. The molecule has 10 aromatic carbocycles. The van der Waals surface area contributed by atoms with Crippen molar-refractivity contribution in [3.05, 3.63) is 188 Å². The Bertz CT molecular complexity index is 3970. The molecule has 12 aromatic rings. The van der Waals surface area contributed by atoms with Crippen LogP contribution in [-0.4, -0.2) is 64.1 Å². The van der Waals surface area contributed by atoms with Crippen molar-refractivity contribution in [3.63, 3.8) is 0 Å². The number of aromatic nitrogens is 2. The number of hydrogen-bond acceptors (Lipinski definition) is 0. The molecule has 14 radical (unpaired) electrons. The molecule has 0 saturated heterocycles. The van der Waals surface area contributed by atoms with E-state index in [9.17, 15) is 0 Å². The van der Waals surface area contributed by atoms with E-state index in [0.29, 0.717) is 43.8 Å². The van der Waals surface area contributed by atoms with Gasteiger partial charge in [0, 0.05) is 38.3 Å². The van der Waals surface area contributed by atoms with E-state index in [1.54, 1.807) is 0 Å². The van der Waals surface area contributed by atoms with Crippen LogP contribution in [0.5, 0.6) is 0 Å². The molecule has 0 unspecified atom stereocenters. The molecule has 0 aliphatic heterocycles. The third-order valence-corrected chi connectivity index (χ3v) is 13.5. The van der Waals surface area contributed by atoms with Crippen molar-refractivity contribution in [1.29, 1.82) is 0 Å². The van der Waals surface area contributed by atoms with E-state index in [1.807, 2.05) is 47.0 Å². The molecule has 2 nitrogen and oxygen atoms in total. The molecule has 294 valence electrons. The third kappa shape index (κ3) is 6.21. The standard InChI is InChI=1S/C58H31B7N2/c59-50-46(36-25-29-44-42(31-36)47-39(35-17-8-3-9-18-35)21-12-22-45(47)66(44)37-26-23-33(24-27-37)32-13-4-1-5-14-32)51(60)55(64)57-48(50)49-52(61)53(62)54(63)56(65)58(49)67(57)43-30-28-38(34-15-6-2-7-16-34)40-19-10-11-20-41(40)43/h1-31H. The predicted molar refractivity (Wildman–Crippen MR) is 292 cm³/mol. The van der Waals surface area contributed by atoms with Crippen LogP contribution in [0.1, 0.15) is 0 Å². The summed E-state index contributed by atoms with van der Waals surface area (Å²) in [5.74, 6) is 0. The molecule has 2 heterocycles. The molecular weight excluding hydrogens is 800 g/mol. The van der Waals surface area contributed by atoms with Crippen LogP contribution in [0.25, 0.3) is 110 Å².